The second-order valence-electron chi connectivity index (χ2n) is 3.47. The van der Waals surface area contributed by atoms with Gasteiger partial charge in [0.05, 0.1) is 0 Å². The summed E-state index contributed by atoms with van der Waals surface area (Å²) in [5.74, 6) is 0. The van der Waals surface area contributed by atoms with Crippen LogP contribution in [0.4, 0.5) is 0 Å². The van der Waals surface area contributed by atoms with Crippen LogP contribution in [0.2, 0.25) is 5.02 Å². The van der Waals surface area contributed by atoms with Gasteiger partial charge in [-0.05, 0) is 40.2 Å². The zero-order valence-corrected chi connectivity index (χ0v) is 9.85. The van der Waals surface area contributed by atoms with Gasteiger partial charge in [-0.2, -0.15) is 11.3 Å². The quantitative estimate of drug-likeness (QED) is 0.789. The predicted octanol–water partition coefficient (Wildman–Crippen LogP) is 1.81. The van der Waals surface area contributed by atoms with Gasteiger partial charge in [-0.15, -0.1) is 0 Å². The SMILES string of the molecule is Cc1ccc(B(O)c2ccsc2)cc1Cl. The highest BCUT2D eigenvalue weighted by Crippen LogP contribution is 2.12. The lowest BCUT2D eigenvalue weighted by Gasteiger charge is -2.06. The van der Waals surface area contributed by atoms with E-state index in [0.29, 0.717) is 5.02 Å². The first-order chi connectivity index (χ1) is 7.18. The molecule has 0 radical (unpaired) electrons. The third-order valence-corrected chi connectivity index (χ3v) is 3.48. The van der Waals surface area contributed by atoms with Crippen molar-refractivity contribution in [3.63, 3.8) is 0 Å². The van der Waals surface area contributed by atoms with Crippen LogP contribution in [0.1, 0.15) is 5.56 Å². The van der Waals surface area contributed by atoms with Gasteiger partial charge >= 0.3 is 6.92 Å². The fourth-order valence-electron chi connectivity index (χ4n) is 1.40. The van der Waals surface area contributed by atoms with E-state index in [9.17, 15) is 5.02 Å². The first-order valence-corrected chi connectivity index (χ1v) is 5.97. The zero-order valence-electron chi connectivity index (χ0n) is 8.27. The number of thiophene rings is 1. The van der Waals surface area contributed by atoms with Crippen molar-refractivity contribution in [1.82, 2.24) is 0 Å². The molecule has 15 heavy (non-hydrogen) atoms. The minimum atomic E-state index is -0.575. The maximum atomic E-state index is 10.0. The average molecular weight is 237 g/mol. The largest absolute Gasteiger partial charge is 0.443 e. The average Bonchev–Trinajstić information content (AvgIpc) is 2.74. The molecule has 0 aliphatic carbocycles. The van der Waals surface area contributed by atoms with Crippen LogP contribution in [-0.4, -0.2) is 11.9 Å². The van der Waals surface area contributed by atoms with E-state index in [4.69, 9.17) is 11.6 Å². The van der Waals surface area contributed by atoms with E-state index >= 15 is 0 Å². The molecule has 0 fully saturated rings. The molecule has 4 heteroatoms. The van der Waals surface area contributed by atoms with Crippen LogP contribution in [-0.2, 0) is 0 Å². The van der Waals surface area contributed by atoms with Crippen molar-refractivity contribution < 1.29 is 5.02 Å². The molecule has 2 rings (SSSR count). The van der Waals surface area contributed by atoms with Crippen molar-refractivity contribution in [2.24, 2.45) is 0 Å². The van der Waals surface area contributed by atoms with Crippen molar-refractivity contribution in [2.45, 2.75) is 6.92 Å². The van der Waals surface area contributed by atoms with E-state index in [-0.39, 0.29) is 0 Å². The Morgan fingerprint density at radius 1 is 1.27 bits per heavy atom. The summed E-state index contributed by atoms with van der Waals surface area (Å²) >= 11 is 7.59. The van der Waals surface area contributed by atoms with Gasteiger partial charge in [-0.3, -0.25) is 0 Å². The topological polar surface area (TPSA) is 20.2 Å². The normalized spacial score (nSPS) is 10.3. The van der Waals surface area contributed by atoms with Crippen molar-refractivity contribution >= 4 is 40.8 Å². The molecule has 0 atom stereocenters. The van der Waals surface area contributed by atoms with E-state index in [2.05, 4.69) is 0 Å². The monoisotopic (exact) mass is 236 g/mol. The molecular weight excluding hydrogens is 226 g/mol. The molecule has 2 aromatic rings. The summed E-state index contributed by atoms with van der Waals surface area (Å²) in [6, 6.07) is 7.57. The van der Waals surface area contributed by atoms with Crippen molar-refractivity contribution in [3.8, 4) is 0 Å². The minimum Gasteiger partial charge on any atom is -0.443 e. The van der Waals surface area contributed by atoms with E-state index in [1.165, 1.54) is 0 Å². The zero-order chi connectivity index (χ0) is 10.8. The molecule has 0 aliphatic rings. The molecule has 1 aromatic carbocycles. The maximum Gasteiger partial charge on any atom is 0.359 e. The van der Waals surface area contributed by atoms with Crippen LogP contribution < -0.4 is 10.9 Å². The van der Waals surface area contributed by atoms with Gasteiger partial charge in [0.1, 0.15) is 0 Å². The lowest BCUT2D eigenvalue weighted by molar-refractivity contribution is 0.600. The Hall–Kier alpha value is -0.765. The molecule has 0 bridgehead atoms. The standard InChI is InChI=1S/C11H10BClOS/c1-8-2-3-9(6-11(8)13)12(14)10-4-5-15-7-10/h2-7,14H,1H3. The number of aryl methyl sites for hydroxylation is 1. The van der Waals surface area contributed by atoms with Gasteiger partial charge in [0.25, 0.3) is 0 Å². The van der Waals surface area contributed by atoms with Crippen LogP contribution in [0, 0.1) is 6.92 Å². The minimum absolute atomic E-state index is 0.575. The van der Waals surface area contributed by atoms with Crippen molar-refractivity contribution in [3.05, 3.63) is 45.6 Å². The fraction of sp³-hybridized carbons (Fsp3) is 0.0909. The van der Waals surface area contributed by atoms with Gasteiger partial charge in [0.2, 0.25) is 0 Å². The Morgan fingerprint density at radius 2 is 2.07 bits per heavy atom. The van der Waals surface area contributed by atoms with E-state index in [1.807, 2.05) is 41.9 Å². The lowest BCUT2D eigenvalue weighted by atomic mass is 9.57. The summed E-state index contributed by atoms with van der Waals surface area (Å²) in [7, 11) is 0. The fourth-order valence-corrected chi connectivity index (χ4v) is 2.27. The smallest absolute Gasteiger partial charge is 0.359 e. The van der Waals surface area contributed by atoms with Gasteiger partial charge in [0, 0.05) is 5.02 Å². The van der Waals surface area contributed by atoms with Crippen molar-refractivity contribution in [1.29, 1.82) is 0 Å². The molecule has 76 valence electrons. The molecule has 1 N–H and O–H groups in total. The molecule has 0 saturated carbocycles. The number of benzene rings is 1. The number of hydrogen-bond donors (Lipinski definition) is 1. The maximum absolute atomic E-state index is 10.0. The lowest BCUT2D eigenvalue weighted by Crippen LogP contribution is -2.41. The Labute approximate surface area is 98.4 Å². The second kappa shape index (κ2) is 4.39. The number of rotatable bonds is 2. The second-order valence-corrected chi connectivity index (χ2v) is 4.66. The highest BCUT2D eigenvalue weighted by molar-refractivity contribution is 7.09. The van der Waals surface area contributed by atoms with Gasteiger partial charge in [0.15, 0.2) is 0 Å². The van der Waals surface area contributed by atoms with Gasteiger partial charge in [-0.25, -0.2) is 0 Å². The van der Waals surface area contributed by atoms with E-state index in [0.717, 1.165) is 16.5 Å². The third-order valence-electron chi connectivity index (χ3n) is 2.37. The molecule has 0 amide bonds. The first kappa shape index (κ1) is 10.7. The van der Waals surface area contributed by atoms with E-state index < -0.39 is 6.92 Å². The highest BCUT2D eigenvalue weighted by atomic mass is 35.5. The predicted molar refractivity (Wildman–Crippen MR) is 67.7 cm³/mol. The van der Waals surface area contributed by atoms with Crippen LogP contribution in [0.3, 0.4) is 0 Å². The van der Waals surface area contributed by atoms with E-state index in [1.54, 1.807) is 11.3 Å². The molecule has 0 aliphatic heterocycles. The Morgan fingerprint density at radius 3 is 2.67 bits per heavy atom. The summed E-state index contributed by atoms with van der Waals surface area (Å²) in [4.78, 5) is 0. The number of halogens is 1. The molecule has 0 unspecified atom stereocenters. The van der Waals surface area contributed by atoms with Crippen LogP contribution in [0.5, 0.6) is 0 Å². The molecular formula is C11H10BClOS. The van der Waals surface area contributed by atoms with Crippen LogP contribution in [0.25, 0.3) is 0 Å². The summed E-state index contributed by atoms with van der Waals surface area (Å²) < 4.78 is 0. The Kier molecular flexibility index (Phi) is 3.15. The van der Waals surface area contributed by atoms with Crippen LogP contribution >= 0.6 is 22.9 Å². The molecule has 1 nitrogen and oxygen atoms in total. The summed E-state index contributed by atoms with van der Waals surface area (Å²) in [6.07, 6.45) is 0. The summed E-state index contributed by atoms with van der Waals surface area (Å²) in [6.45, 7) is 1.37. The summed E-state index contributed by atoms with van der Waals surface area (Å²) in [5.41, 5.74) is 2.78. The Bertz CT molecular complexity index is 456. The molecule has 1 aromatic heterocycles. The Balaban J connectivity index is 2.34. The first-order valence-electron chi connectivity index (χ1n) is 4.64. The molecule has 0 spiro atoms. The van der Waals surface area contributed by atoms with Gasteiger partial charge in [-0.1, -0.05) is 29.8 Å². The van der Waals surface area contributed by atoms with Gasteiger partial charge < -0.3 is 5.02 Å². The molecule has 0 saturated heterocycles. The van der Waals surface area contributed by atoms with Crippen molar-refractivity contribution in [2.75, 3.05) is 0 Å². The third kappa shape index (κ3) is 2.25. The molecule has 1 heterocycles. The van der Waals surface area contributed by atoms with Crippen LogP contribution in [0.15, 0.2) is 35.0 Å². The number of hydrogen-bond acceptors (Lipinski definition) is 2. The summed E-state index contributed by atoms with van der Waals surface area (Å²) in [5, 5.41) is 14.6. The highest BCUT2D eigenvalue weighted by Gasteiger charge is 2.17.